The van der Waals surface area contributed by atoms with Crippen LogP contribution in [0.1, 0.15) is 32.6 Å². The van der Waals surface area contributed by atoms with E-state index in [9.17, 15) is 15.2 Å². The van der Waals surface area contributed by atoms with Crippen molar-refractivity contribution in [1.29, 1.82) is 0 Å². The highest BCUT2D eigenvalue weighted by molar-refractivity contribution is 5.61. The maximum absolute atomic E-state index is 11.2. The number of anilines is 2. The molecule has 2 rings (SSSR count). The van der Waals surface area contributed by atoms with Gasteiger partial charge in [-0.05, 0) is 25.8 Å². The van der Waals surface area contributed by atoms with Crippen LogP contribution in [0.3, 0.4) is 0 Å². The fourth-order valence-corrected chi connectivity index (χ4v) is 2.85. The molecule has 1 saturated carbocycles. The van der Waals surface area contributed by atoms with Crippen molar-refractivity contribution in [3.63, 3.8) is 0 Å². The molecule has 0 unspecified atom stereocenters. The van der Waals surface area contributed by atoms with Gasteiger partial charge in [-0.15, -0.1) is 0 Å². The summed E-state index contributed by atoms with van der Waals surface area (Å²) >= 11 is 0. The molecular formula is C14H22N4O3. The number of pyridine rings is 1. The van der Waals surface area contributed by atoms with Crippen LogP contribution >= 0.6 is 0 Å². The number of likely N-dealkylation sites (N-methyl/N-ethyl adjacent to an activating group) is 1. The van der Waals surface area contributed by atoms with Crippen molar-refractivity contribution in [1.82, 2.24) is 4.98 Å². The topological polar surface area (TPSA) is 91.5 Å². The van der Waals surface area contributed by atoms with Gasteiger partial charge in [0.2, 0.25) is 5.82 Å². The van der Waals surface area contributed by atoms with Gasteiger partial charge >= 0.3 is 5.69 Å². The van der Waals surface area contributed by atoms with Crippen LogP contribution in [0.25, 0.3) is 0 Å². The second-order valence-electron chi connectivity index (χ2n) is 5.61. The Balaban J connectivity index is 2.26. The van der Waals surface area contributed by atoms with Gasteiger partial charge in [0, 0.05) is 26.2 Å². The minimum Gasteiger partial charge on any atom is -0.388 e. The Kier molecular flexibility index (Phi) is 4.62. The first-order chi connectivity index (χ1) is 9.95. The van der Waals surface area contributed by atoms with Crippen molar-refractivity contribution in [2.75, 3.05) is 30.4 Å². The quantitative estimate of drug-likeness (QED) is 0.617. The van der Waals surface area contributed by atoms with E-state index in [0.29, 0.717) is 24.7 Å². The molecule has 0 spiro atoms. The highest BCUT2D eigenvalue weighted by Gasteiger charge is 2.34. The summed E-state index contributed by atoms with van der Waals surface area (Å²) in [5.41, 5.74) is -0.806. The lowest BCUT2D eigenvalue weighted by atomic mass is 10.0. The van der Waals surface area contributed by atoms with Gasteiger partial charge in [0.1, 0.15) is 5.82 Å². The molecule has 0 saturated heterocycles. The van der Waals surface area contributed by atoms with Crippen LogP contribution in [0.5, 0.6) is 0 Å². The predicted octanol–water partition coefficient (Wildman–Crippen LogP) is 2.16. The standard InChI is InChI=1S/C14H22N4O3/c1-3-15-12-7-6-11(18(20)21)13(16-12)17(2)10-14(19)8-4-5-9-14/h6-7,19H,3-5,8-10H2,1-2H3,(H,15,16). The summed E-state index contributed by atoms with van der Waals surface area (Å²) in [5.74, 6) is 0.891. The number of nitrogens with zero attached hydrogens (tertiary/aromatic N) is 3. The molecule has 0 amide bonds. The molecular weight excluding hydrogens is 272 g/mol. The zero-order valence-electron chi connectivity index (χ0n) is 12.5. The average Bonchev–Trinajstić information content (AvgIpc) is 2.85. The smallest absolute Gasteiger partial charge is 0.311 e. The molecule has 0 aromatic carbocycles. The maximum Gasteiger partial charge on any atom is 0.311 e. The van der Waals surface area contributed by atoms with Crippen molar-refractivity contribution >= 4 is 17.3 Å². The number of nitro groups is 1. The van der Waals surface area contributed by atoms with Crippen molar-refractivity contribution in [2.24, 2.45) is 0 Å². The largest absolute Gasteiger partial charge is 0.388 e. The third-order valence-corrected chi connectivity index (χ3v) is 3.84. The minimum absolute atomic E-state index is 0.0410. The Morgan fingerprint density at radius 3 is 2.71 bits per heavy atom. The van der Waals surface area contributed by atoms with Crippen molar-refractivity contribution < 1.29 is 10.0 Å². The van der Waals surface area contributed by atoms with E-state index in [-0.39, 0.29) is 5.69 Å². The maximum atomic E-state index is 11.2. The number of aromatic nitrogens is 1. The molecule has 0 radical (unpaired) electrons. The molecule has 2 N–H and O–H groups in total. The second kappa shape index (κ2) is 6.26. The van der Waals surface area contributed by atoms with E-state index in [4.69, 9.17) is 0 Å². The minimum atomic E-state index is -0.765. The van der Waals surface area contributed by atoms with Crippen LogP contribution in [0, 0.1) is 10.1 Å². The molecule has 1 aromatic rings. The van der Waals surface area contributed by atoms with Crippen LogP contribution in [-0.4, -0.2) is 40.8 Å². The number of aliphatic hydroxyl groups is 1. The zero-order chi connectivity index (χ0) is 15.5. The highest BCUT2D eigenvalue weighted by Crippen LogP contribution is 2.33. The van der Waals surface area contributed by atoms with Gasteiger partial charge in [0.25, 0.3) is 0 Å². The summed E-state index contributed by atoms with van der Waals surface area (Å²) in [4.78, 5) is 16.7. The number of rotatable bonds is 6. The Morgan fingerprint density at radius 2 is 2.14 bits per heavy atom. The lowest BCUT2D eigenvalue weighted by Gasteiger charge is -2.29. The Hall–Kier alpha value is -1.89. The van der Waals surface area contributed by atoms with E-state index < -0.39 is 10.5 Å². The van der Waals surface area contributed by atoms with Gasteiger partial charge in [-0.1, -0.05) is 12.8 Å². The van der Waals surface area contributed by atoms with Gasteiger partial charge in [-0.3, -0.25) is 10.1 Å². The van der Waals surface area contributed by atoms with Gasteiger partial charge in [-0.25, -0.2) is 4.98 Å². The lowest BCUT2D eigenvalue weighted by molar-refractivity contribution is -0.384. The van der Waals surface area contributed by atoms with E-state index in [1.807, 2.05) is 6.92 Å². The monoisotopic (exact) mass is 294 g/mol. The second-order valence-corrected chi connectivity index (χ2v) is 5.61. The van der Waals surface area contributed by atoms with Crippen LogP contribution in [0.4, 0.5) is 17.3 Å². The molecule has 1 heterocycles. The molecule has 116 valence electrons. The molecule has 0 bridgehead atoms. The summed E-state index contributed by atoms with van der Waals surface area (Å²) in [6.45, 7) is 2.99. The lowest BCUT2D eigenvalue weighted by Crippen LogP contribution is -2.39. The normalized spacial score (nSPS) is 16.7. The fraction of sp³-hybridized carbons (Fsp3) is 0.643. The van der Waals surface area contributed by atoms with E-state index in [2.05, 4.69) is 10.3 Å². The highest BCUT2D eigenvalue weighted by atomic mass is 16.6. The first-order valence-electron chi connectivity index (χ1n) is 7.28. The van der Waals surface area contributed by atoms with E-state index in [1.165, 1.54) is 6.07 Å². The van der Waals surface area contributed by atoms with Gasteiger partial charge in [-0.2, -0.15) is 0 Å². The Morgan fingerprint density at radius 1 is 1.48 bits per heavy atom. The zero-order valence-corrected chi connectivity index (χ0v) is 12.5. The molecule has 1 aliphatic rings. The summed E-state index contributed by atoms with van der Waals surface area (Å²) in [6, 6.07) is 3.05. The third kappa shape index (κ3) is 3.60. The van der Waals surface area contributed by atoms with Crippen LogP contribution in [0.15, 0.2) is 12.1 Å². The third-order valence-electron chi connectivity index (χ3n) is 3.84. The molecule has 1 aliphatic carbocycles. The summed E-state index contributed by atoms with van der Waals surface area (Å²) in [6.07, 6.45) is 3.46. The van der Waals surface area contributed by atoms with Crippen LogP contribution in [-0.2, 0) is 0 Å². The molecule has 1 fully saturated rings. The average molecular weight is 294 g/mol. The Bertz CT molecular complexity index is 515. The van der Waals surface area contributed by atoms with Gasteiger partial charge in [0.05, 0.1) is 10.5 Å². The van der Waals surface area contributed by atoms with Gasteiger partial charge < -0.3 is 15.3 Å². The van der Waals surface area contributed by atoms with Gasteiger partial charge in [0.15, 0.2) is 0 Å². The van der Waals surface area contributed by atoms with E-state index in [0.717, 1.165) is 25.7 Å². The number of hydrogen-bond acceptors (Lipinski definition) is 6. The molecule has 7 nitrogen and oxygen atoms in total. The first kappa shape index (κ1) is 15.5. The van der Waals surface area contributed by atoms with Crippen LogP contribution in [0.2, 0.25) is 0 Å². The fourth-order valence-electron chi connectivity index (χ4n) is 2.85. The Labute approximate surface area is 124 Å². The summed E-state index contributed by atoms with van der Waals surface area (Å²) in [7, 11) is 1.74. The van der Waals surface area contributed by atoms with Crippen molar-refractivity contribution in [3.8, 4) is 0 Å². The van der Waals surface area contributed by atoms with E-state index >= 15 is 0 Å². The SMILES string of the molecule is CCNc1ccc([N+](=O)[O-])c(N(C)CC2(O)CCCC2)n1. The molecule has 7 heteroatoms. The van der Waals surface area contributed by atoms with Crippen LogP contribution < -0.4 is 10.2 Å². The number of nitrogens with one attached hydrogen (secondary N) is 1. The van der Waals surface area contributed by atoms with Crippen molar-refractivity contribution in [2.45, 2.75) is 38.2 Å². The summed E-state index contributed by atoms with van der Waals surface area (Å²) in [5, 5.41) is 24.7. The van der Waals surface area contributed by atoms with E-state index in [1.54, 1.807) is 18.0 Å². The molecule has 1 aromatic heterocycles. The summed E-state index contributed by atoms with van der Waals surface area (Å²) < 4.78 is 0. The van der Waals surface area contributed by atoms with Crippen molar-refractivity contribution in [3.05, 3.63) is 22.2 Å². The first-order valence-corrected chi connectivity index (χ1v) is 7.28. The number of hydrogen-bond donors (Lipinski definition) is 2. The predicted molar refractivity (Wildman–Crippen MR) is 81.7 cm³/mol. The molecule has 21 heavy (non-hydrogen) atoms. The molecule has 0 aliphatic heterocycles. The molecule has 0 atom stereocenters.